The predicted octanol–water partition coefficient (Wildman–Crippen LogP) is 0.770. The number of nitrogens with zero attached hydrogens (tertiary/aromatic N) is 5. The zero-order valence-corrected chi connectivity index (χ0v) is 9.88. The van der Waals surface area contributed by atoms with Crippen LogP contribution in [0.2, 0.25) is 0 Å². The quantitative estimate of drug-likeness (QED) is 0.810. The van der Waals surface area contributed by atoms with Gasteiger partial charge in [0.15, 0.2) is 5.82 Å². The fraction of sp³-hybridized carbons (Fsp3) is 0.400. The van der Waals surface area contributed by atoms with Crippen LogP contribution in [0.5, 0.6) is 0 Å². The average molecular weight is 233 g/mol. The van der Waals surface area contributed by atoms with Crippen LogP contribution >= 0.6 is 0 Å². The van der Waals surface area contributed by atoms with Crippen LogP contribution in [-0.4, -0.2) is 31.3 Å². The Bertz CT molecular complexity index is 505. The third kappa shape index (κ3) is 2.49. The van der Waals surface area contributed by atoms with Gasteiger partial charge in [0.05, 0.1) is 0 Å². The lowest BCUT2D eigenvalue weighted by molar-refractivity contribution is 0.840. The second-order valence-corrected chi connectivity index (χ2v) is 3.65. The molecule has 3 N–H and O–H groups in total. The maximum absolute atomic E-state index is 5.78. The lowest BCUT2D eigenvalue weighted by Gasteiger charge is -2.01. The van der Waals surface area contributed by atoms with Crippen LogP contribution in [-0.2, 0) is 0 Å². The van der Waals surface area contributed by atoms with Crippen molar-refractivity contribution in [2.75, 3.05) is 17.6 Å². The van der Waals surface area contributed by atoms with Crippen molar-refractivity contribution >= 4 is 11.9 Å². The molecule has 90 valence electrons. The summed E-state index contributed by atoms with van der Waals surface area (Å²) in [6.07, 6.45) is 2.48. The molecule has 0 atom stereocenters. The molecule has 0 spiro atoms. The van der Waals surface area contributed by atoms with Gasteiger partial charge >= 0.3 is 0 Å². The maximum atomic E-state index is 5.78. The van der Waals surface area contributed by atoms with Crippen molar-refractivity contribution in [3.8, 4) is 5.82 Å². The molecule has 2 aromatic heterocycles. The normalized spacial score (nSPS) is 10.5. The number of nitrogens with one attached hydrogen (secondary N) is 1. The number of nitrogen functional groups attached to an aromatic ring is 1. The second-order valence-electron chi connectivity index (χ2n) is 3.65. The largest absolute Gasteiger partial charge is 0.368 e. The molecule has 0 saturated heterocycles. The summed E-state index contributed by atoms with van der Waals surface area (Å²) in [7, 11) is 0. The summed E-state index contributed by atoms with van der Waals surface area (Å²) in [4.78, 5) is 12.2. The number of hydrogen-bond acceptors (Lipinski definition) is 6. The van der Waals surface area contributed by atoms with Gasteiger partial charge in [-0.3, -0.25) is 0 Å². The van der Waals surface area contributed by atoms with Crippen LogP contribution in [0.4, 0.5) is 11.9 Å². The Labute approximate surface area is 99.1 Å². The number of rotatable bonds is 4. The molecule has 2 aromatic rings. The minimum Gasteiger partial charge on any atom is -0.368 e. The van der Waals surface area contributed by atoms with E-state index >= 15 is 0 Å². The molecular weight excluding hydrogens is 218 g/mol. The molecule has 0 aromatic carbocycles. The molecule has 0 fully saturated rings. The molecule has 0 aliphatic heterocycles. The molecular formula is C10H15N7. The fourth-order valence-corrected chi connectivity index (χ4v) is 1.36. The van der Waals surface area contributed by atoms with Gasteiger partial charge in [0.2, 0.25) is 11.9 Å². The first-order chi connectivity index (χ1) is 8.20. The van der Waals surface area contributed by atoms with Gasteiger partial charge in [0.25, 0.3) is 0 Å². The molecule has 7 nitrogen and oxygen atoms in total. The van der Waals surface area contributed by atoms with Crippen molar-refractivity contribution in [2.45, 2.75) is 20.3 Å². The van der Waals surface area contributed by atoms with Gasteiger partial charge in [-0.2, -0.15) is 9.67 Å². The standard InChI is InChI=1S/C10H15N7/c1-3-4-12-10-15-9(11)17(16-10)8-5-7(2)13-6-14-8/h5-6H,3-4H2,1-2H3,(H3,11,12,15,16). The average Bonchev–Trinajstić information content (AvgIpc) is 2.68. The lowest BCUT2D eigenvalue weighted by Crippen LogP contribution is -2.06. The third-order valence-corrected chi connectivity index (χ3v) is 2.17. The Hall–Kier alpha value is -2.18. The molecule has 0 amide bonds. The number of nitrogens with two attached hydrogens (primary N) is 1. The molecule has 0 radical (unpaired) electrons. The number of aromatic nitrogens is 5. The van der Waals surface area contributed by atoms with Gasteiger partial charge in [-0.05, 0) is 13.3 Å². The molecule has 0 unspecified atom stereocenters. The second kappa shape index (κ2) is 4.77. The summed E-state index contributed by atoms with van der Waals surface area (Å²) >= 11 is 0. The van der Waals surface area contributed by atoms with Crippen LogP contribution < -0.4 is 11.1 Å². The van der Waals surface area contributed by atoms with Crippen molar-refractivity contribution in [2.24, 2.45) is 0 Å². The van der Waals surface area contributed by atoms with E-state index in [2.05, 4.69) is 32.3 Å². The fourth-order valence-electron chi connectivity index (χ4n) is 1.36. The van der Waals surface area contributed by atoms with Crippen molar-refractivity contribution < 1.29 is 0 Å². The van der Waals surface area contributed by atoms with Crippen LogP contribution in [0.25, 0.3) is 5.82 Å². The van der Waals surface area contributed by atoms with E-state index in [9.17, 15) is 0 Å². The molecule has 0 bridgehead atoms. The Balaban J connectivity index is 2.29. The van der Waals surface area contributed by atoms with Gasteiger partial charge in [0, 0.05) is 18.3 Å². The summed E-state index contributed by atoms with van der Waals surface area (Å²) in [5, 5.41) is 7.31. The molecule has 2 rings (SSSR count). The van der Waals surface area contributed by atoms with Crippen molar-refractivity contribution in [1.29, 1.82) is 0 Å². The van der Waals surface area contributed by atoms with E-state index in [0.29, 0.717) is 17.7 Å². The van der Waals surface area contributed by atoms with E-state index in [4.69, 9.17) is 5.73 Å². The Morgan fingerprint density at radius 1 is 1.41 bits per heavy atom. The highest BCUT2D eigenvalue weighted by atomic mass is 15.4. The minimum atomic E-state index is 0.307. The van der Waals surface area contributed by atoms with Crippen LogP contribution in [0.1, 0.15) is 19.0 Å². The molecule has 7 heteroatoms. The van der Waals surface area contributed by atoms with Gasteiger partial charge in [-0.1, -0.05) is 6.92 Å². The number of hydrogen-bond donors (Lipinski definition) is 2. The highest BCUT2D eigenvalue weighted by Gasteiger charge is 2.09. The van der Waals surface area contributed by atoms with E-state index in [1.165, 1.54) is 11.0 Å². The summed E-state index contributed by atoms with van der Waals surface area (Å²) in [5.41, 5.74) is 6.64. The van der Waals surface area contributed by atoms with E-state index in [-0.39, 0.29) is 0 Å². The summed E-state index contributed by atoms with van der Waals surface area (Å²) in [6, 6.07) is 1.80. The van der Waals surface area contributed by atoms with Crippen molar-refractivity contribution in [3.63, 3.8) is 0 Å². The Morgan fingerprint density at radius 2 is 2.24 bits per heavy atom. The molecule has 2 heterocycles. The van der Waals surface area contributed by atoms with Crippen molar-refractivity contribution in [1.82, 2.24) is 24.7 Å². The Kier molecular flexibility index (Phi) is 3.17. The highest BCUT2D eigenvalue weighted by molar-refractivity contribution is 5.38. The van der Waals surface area contributed by atoms with Gasteiger partial charge < -0.3 is 11.1 Å². The van der Waals surface area contributed by atoms with Crippen molar-refractivity contribution in [3.05, 3.63) is 18.1 Å². The monoisotopic (exact) mass is 233 g/mol. The van der Waals surface area contributed by atoms with Crippen LogP contribution in [0.15, 0.2) is 12.4 Å². The van der Waals surface area contributed by atoms with Gasteiger partial charge in [0.1, 0.15) is 6.33 Å². The van der Waals surface area contributed by atoms with E-state index in [1.54, 1.807) is 6.07 Å². The highest BCUT2D eigenvalue weighted by Crippen LogP contribution is 2.11. The van der Waals surface area contributed by atoms with E-state index < -0.39 is 0 Å². The van der Waals surface area contributed by atoms with Crippen LogP contribution in [0.3, 0.4) is 0 Å². The lowest BCUT2D eigenvalue weighted by atomic mass is 10.4. The third-order valence-electron chi connectivity index (χ3n) is 2.17. The first-order valence-electron chi connectivity index (χ1n) is 5.46. The topological polar surface area (TPSA) is 94.5 Å². The van der Waals surface area contributed by atoms with Gasteiger partial charge in [-0.25, -0.2) is 9.97 Å². The Morgan fingerprint density at radius 3 is 2.94 bits per heavy atom. The number of aryl methyl sites for hydroxylation is 1. The smallest absolute Gasteiger partial charge is 0.244 e. The summed E-state index contributed by atoms with van der Waals surface area (Å²) in [5.74, 6) is 1.44. The molecule has 17 heavy (non-hydrogen) atoms. The zero-order chi connectivity index (χ0) is 12.3. The minimum absolute atomic E-state index is 0.307. The first kappa shape index (κ1) is 11.3. The zero-order valence-electron chi connectivity index (χ0n) is 9.88. The van der Waals surface area contributed by atoms with Crippen LogP contribution in [0, 0.1) is 6.92 Å². The molecule has 0 aliphatic rings. The molecule has 0 aliphatic carbocycles. The summed E-state index contributed by atoms with van der Waals surface area (Å²) in [6.45, 7) is 4.77. The summed E-state index contributed by atoms with van der Waals surface area (Å²) < 4.78 is 1.49. The SMILES string of the molecule is CCCNc1nc(N)n(-c2cc(C)ncn2)n1. The number of anilines is 2. The van der Waals surface area contributed by atoms with E-state index in [0.717, 1.165) is 18.7 Å². The maximum Gasteiger partial charge on any atom is 0.244 e. The van der Waals surface area contributed by atoms with E-state index in [1.807, 2.05) is 6.92 Å². The van der Waals surface area contributed by atoms with Gasteiger partial charge in [-0.15, -0.1) is 5.10 Å². The predicted molar refractivity (Wildman–Crippen MR) is 64.9 cm³/mol. The first-order valence-corrected chi connectivity index (χ1v) is 5.46. The molecule has 0 saturated carbocycles.